The molecular formula is C23H30N6O2. The number of rotatable bonds is 5. The molecule has 3 aromatic rings. The average molecular weight is 423 g/mol. The molecule has 0 spiro atoms. The van der Waals surface area contributed by atoms with Crippen molar-refractivity contribution in [2.45, 2.75) is 45.2 Å². The SMILES string of the molecule is COc1ccccc1-c1cnc2ccc(NCC3CCCN3C(=O)NC(C)(C)C)nn12. The number of imidazole rings is 1. The molecule has 8 nitrogen and oxygen atoms in total. The maximum Gasteiger partial charge on any atom is 0.318 e. The van der Waals surface area contributed by atoms with Crippen LogP contribution < -0.4 is 15.4 Å². The molecule has 3 heterocycles. The molecule has 0 bridgehead atoms. The summed E-state index contributed by atoms with van der Waals surface area (Å²) < 4.78 is 7.32. The fourth-order valence-electron chi connectivity index (χ4n) is 3.94. The van der Waals surface area contributed by atoms with Crippen molar-refractivity contribution in [1.29, 1.82) is 0 Å². The van der Waals surface area contributed by atoms with E-state index in [0.717, 1.165) is 47.9 Å². The Kier molecular flexibility index (Phi) is 5.71. The molecule has 2 aromatic heterocycles. The first kappa shape index (κ1) is 21.0. The zero-order valence-electron chi connectivity index (χ0n) is 18.6. The summed E-state index contributed by atoms with van der Waals surface area (Å²) in [6.07, 6.45) is 3.79. The van der Waals surface area contributed by atoms with Crippen molar-refractivity contribution in [2.24, 2.45) is 0 Å². The highest BCUT2D eigenvalue weighted by atomic mass is 16.5. The number of fused-ring (bicyclic) bond motifs is 1. The van der Waals surface area contributed by atoms with Gasteiger partial charge in [0.05, 0.1) is 25.0 Å². The van der Waals surface area contributed by atoms with Gasteiger partial charge >= 0.3 is 6.03 Å². The maximum atomic E-state index is 12.6. The van der Waals surface area contributed by atoms with E-state index in [1.165, 1.54) is 0 Å². The molecule has 1 unspecified atom stereocenters. The zero-order chi connectivity index (χ0) is 22.0. The number of hydrogen-bond acceptors (Lipinski definition) is 5. The van der Waals surface area contributed by atoms with Gasteiger partial charge in [0.15, 0.2) is 5.65 Å². The van der Waals surface area contributed by atoms with Gasteiger partial charge in [0.1, 0.15) is 11.6 Å². The normalized spacial score (nSPS) is 16.5. The number of likely N-dealkylation sites (tertiary alicyclic amines) is 1. The number of nitrogens with zero attached hydrogens (tertiary/aromatic N) is 4. The van der Waals surface area contributed by atoms with Crippen LogP contribution in [0.4, 0.5) is 10.6 Å². The molecule has 164 valence electrons. The van der Waals surface area contributed by atoms with E-state index in [2.05, 4.69) is 15.6 Å². The van der Waals surface area contributed by atoms with Crippen molar-refractivity contribution in [1.82, 2.24) is 24.8 Å². The third-order valence-electron chi connectivity index (χ3n) is 5.38. The minimum atomic E-state index is -0.249. The highest BCUT2D eigenvalue weighted by Crippen LogP contribution is 2.30. The monoisotopic (exact) mass is 422 g/mol. The molecule has 2 amide bonds. The van der Waals surface area contributed by atoms with E-state index < -0.39 is 0 Å². The van der Waals surface area contributed by atoms with Crippen molar-refractivity contribution >= 4 is 17.5 Å². The number of carbonyl (C=O) groups is 1. The van der Waals surface area contributed by atoms with Gasteiger partial charge in [-0.25, -0.2) is 14.3 Å². The van der Waals surface area contributed by atoms with E-state index in [1.54, 1.807) is 13.3 Å². The van der Waals surface area contributed by atoms with Gasteiger partial charge in [-0.05, 0) is 57.9 Å². The summed E-state index contributed by atoms with van der Waals surface area (Å²) in [6, 6.07) is 11.8. The summed E-state index contributed by atoms with van der Waals surface area (Å²) >= 11 is 0. The molecule has 31 heavy (non-hydrogen) atoms. The van der Waals surface area contributed by atoms with Crippen molar-refractivity contribution in [3.63, 3.8) is 0 Å². The number of hydrogen-bond donors (Lipinski definition) is 2. The van der Waals surface area contributed by atoms with Crippen molar-refractivity contribution < 1.29 is 9.53 Å². The molecular weight excluding hydrogens is 392 g/mol. The van der Waals surface area contributed by atoms with Crippen LogP contribution in [0.5, 0.6) is 5.75 Å². The van der Waals surface area contributed by atoms with Gasteiger partial charge in [-0.1, -0.05) is 12.1 Å². The molecule has 8 heteroatoms. The lowest BCUT2D eigenvalue weighted by molar-refractivity contribution is 0.185. The van der Waals surface area contributed by atoms with Crippen LogP contribution in [0.3, 0.4) is 0 Å². The number of methoxy groups -OCH3 is 1. The Hall–Kier alpha value is -3.29. The lowest BCUT2D eigenvalue weighted by Crippen LogP contribution is -2.51. The van der Waals surface area contributed by atoms with Crippen LogP contribution in [0.25, 0.3) is 16.9 Å². The average Bonchev–Trinajstić information content (AvgIpc) is 3.37. The number of anilines is 1. The van der Waals surface area contributed by atoms with Crippen molar-refractivity contribution in [3.8, 4) is 17.0 Å². The molecule has 0 saturated carbocycles. The van der Waals surface area contributed by atoms with Crippen LogP contribution >= 0.6 is 0 Å². The van der Waals surface area contributed by atoms with Crippen molar-refractivity contribution in [3.05, 3.63) is 42.6 Å². The Morgan fingerprint density at radius 1 is 1.23 bits per heavy atom. The summed E-state index contributed by atoms with van der Waals surface area (Å²) in [4.78, 5) is 19.0. The fraction of sp³-hybridized carbons (Fsp3) is 0.435. The van der Waals surface area contributed by atoms with Crippen LogP contribution in [0.1, 0.15) is 33.6 Å². The molecule has 1 aliphatic rings. The van der Waals surface area contributed by atoms with Gasteiger partial charge in [0, 0.05) is 24.2 Å². The molecule has 1 aromatic carbocycles. The number of benzene rings is 1. The summed E-state index contributed by atoms with van der Waals surface area (Å²) in [5.41, 5.74) is 2.31. The Bertz CT molecular complexity index is 1070. The molecule has 1 aliphatic heterocycles. The van der Waals surface area contributed by atoms with Crippen LogP contribution in [0.15, 0.2) is 42.6 Å². The summed E-state index contributed by atoms with van der Waals surface area (Å²) in [5, 5.41) is 11.2. The van der Waals surface area contributed by atoms with E-state index in [-0.39, 0.29) is 17.6 Å². The lowest BCUT2D eigenvalue weighted by Gasteiger charge is -2.29. The third-order valence-corrected chi connectivity index (χ3v) is 5.38. The molecule has 0 aliphatic carbocycles. The summed E-state index contributed by atoms with van der Waals surface area (Å²) in [6.45, 7) is 7.42. The zero-order valence-corrected chi connectivity index (χ0v) is 18.6. The minimum Gasteiger partial charge on any atom is -0.496 e. The molecule has 1 fully saturated rings. The van der Waals surface area contributed by atoms with Crippen molar-refractivity contribution in [2.75, 3.05) is 25.5 Å². The van der Waals surface area contributed by atoms with E-state index in [1.807, 2.05) is 66.6 Å². The molecule has 2 N–H and O–H groups in total. The van der Waals surface area contributed by atoms with Gasteiger partial charge in [0.25, 0.3) is 0 Å². The fourth-order valence-corrected chi connectivity index (χ4v) is 3.94. The molecule has 1 atom stereocenters. The number of nitrogens with one attached hydrogen (secondary N) is 2. The van der Waals surface area contributed by atoms with Gasteiger partial charge in [-0.2, -0.15) is 0 Å². The van der Waals surface area contributed by atoms with E-state index in [9.17, 15) is 4.79 Å². The summed E-state index contributed by atoms with van der Waals surface area (Å²) in [7, 11) is 1.66. The standard InChI is InChI=1S/C23H30N6O2/c1-23(2,3)26-22(30)28-13-7-8-16(28)14-24-20-11-12-21-25-15-18(29(21)27-20)17-9-5-6-10-19(17)31-4/h5-6,9-12,15-16H,7-8,13-14H2,1-4H3,(H,24,27)(H,26,30). The van der Waals surface area contributed by atoms with Crippen LogP contribution in [0.2, 0.25) is 0 Å². The number of carbonyl (C=O) groups excluding carboxylic acids is 1. The first-order valence-corrected chi connectivity index (χ1v) is 10.7. The number of ether oxygens (including phenoxy) is 1. The smallest absolute Gasteiger partial charge is 0.318 e. The second kappa shape index (κ2) is 8.45. The quantitative estimate of drug-likeness (QED) is 0.654. The largest absolute Gasteiger partial charge is 0.496 e. The second-order valence-corrected chi connectivity index (χ2v) is 8.88. The van der Waals surface area contributed by atoms with Gasteiger partial charge < -0.3 is 20.3 Å². The van der Waals surface area contributed by atoms with E-state index in [4.69, 9.17) is 9.84 Å². The Morgan fingerprint density at radius 3 is 2.81 bits per heavy atom. The Balaban J connectivity index is 1.51. The lowest BCUT2D eigenvalue weighted by atomic mass is 10.1. The first-order chi connectivity index (χ1) is 14.9. The Labute approximate surface area is 182 Å². The number of amides is 2. The second-order valence-electron chi connectivity index (χ2n) is 8.88. The summed E-state index contributed by atoms with van der Waals surface area (Å²) in [5.74, 6) is 1.51. The topological polar surface area (TPSA) is 83.8 Å². The predicted octanol–water partition coefficient (Wildman–Crippen LogP) is 3.79. The highest BCUT2D eigenvalue weighted by molar-refractivity contribution is 5.75. The first-order valence-electron chi connectivity index (χ1n) is 10.7. The molecule has 1 saturated heterocycles. The van der Waals surface area contributed by atoms with E-state index in [0.29, 0.717) is 6.54 Å². The minimum absolute atomic E-state index is 0.00622. The number of aromatic nitrogens is 3. The third kappa shape index (κ3) is 4.57. The van der Waals surface area contributed by atoms with Gasteiger partial charge in [-0.15, -0.1) is 5.10 Å². The highest BCUT2D eigenvalue weighted by Gasteiger charge is 2.30. The predicted molar refractivity (Wildman–Crippen MR) is 121 cm³/mol. The van der Waals surface area contributed by atoms with Gasteiger partial charge in [-0.3, -0.25) is 0 Å². The molecule has 4 rings (SSSR count). The van der Waals surface area contributed by atoms with Gasteiger partial charge in [0.2, 0.25) is 0 Å². The number of urea groups is 1. The number of para-hydroxylation sites is 1. The molecule has 0 radical (unpaired) electrons. The van der Waals surface area contributed by atoms with Crippen LogP contribution in [0, 0.1) is 0 Å². The van der Waals surface area contributed by atoms with Crippen LogP contribution in [-0.4, -0.2) is 57.3 Å². The maximum absolute atomic E-state index is 12.6. The van der Waals surface area contributed by atoms with Crippen LogP contribution in [-0.2, 0) is 0 Å². The Morgan fingerprint density at radius 2 is 2.03 bits per heavy atom. The van der Waals surface area contributed by atoms with E-state index >= 15 is 0 Å².